The predicted octanol–water partition coefficient (Wildman–Crippen LogP) is 20.3. The summed E-state index contributed by atoms with van der Waals surface area (Å²) < 4.78 is 16.8. The summed E-state index contributed by atoms with van der Waals surface area (Å²) in [6.07, 6.45) is 81.0. The number of carbonyl (C=O) groups is 3. The van der Waals surface area contributed by atoms with E-state index in [4.69, 9.17) is 14.2 Å². The fourth-order valence-electron chi connectivity index (χ4n) is 8.04. The number of hydrogen-bond donors (Lipinski definition) is 0. The summed E-state index contributed by atoms with van der Waals surface area (Å²) in [5.41, 5.74) is 0. The number of ether oxygens (including phenoxy) is 3. The standard InChI is InChI=1S/C66H110O6/c1-4-7-10-13-16-19-21-23-25-27-28-29-30-31-32-33-34-35-36-37-38-40-41-43-45-47-50-53-56-59-65(68)71-62-63(61-70-64(67)58-55-52-49-18-15-12-9-6-3)72-66(69)60-57-54-51-48-46-44-42-39-26-24-22-20-17-14-11-8-5-2/h7,10,16,19,23-26,28-29,31-32,34-35,37-38,41,43,63H,4-6,8-9,11-15,17-18,20-22,27,30,33,36,39-40,42,44-62H2,1-3H3/b10-7-,19-16-,25-23-,26-24-,29-28-,32-31-,35-34-,38-37-,43-41-. The molecule has 0 saturated heterocycles. The van der Waals surface area contributed by atoms with Crippen molar-refractivity contribution in [1.29, 1.82) is 0 Å². The topological polar surface area (TPSA) is 78.9 Å². The monoisotopic (exact) mass is 999 g/mol. The largest absolute Gasteiger partial charge is 0.462 e. The van der Waals surface area contributed by atoms with Gasteiger partial charge in [-0.1, -0.05) is 252 Å². The first-order valence-electron chi connectivity index (χ1n) is 29.9. The average Bonchev–Trinajstić information content (AvgIpc) is 3.38. The van der Waals surface area contributed by atoms with E-state index in [0.717, 1.165) is 122 Å². The lowest BCUT2D eigenvalue weighted by molar-refractivity contribution is -0.167. The Hall–Kier alpha value is -3.93. The Bertz CT molecular complexity index is 1470. The molecule has 0 rings (SSSR count). The fraction of sp³-hybridized carbons (Fsp3) is 0.682. The van der Waals surface area contributed by atoms with Gasteiger partial charge in [-0.05, 0) is 109 Å². The third-order valence-corrected chi connectivity index (χ3v) is 12.5. The average molecular weight is 1000 g/mol. The molecule has 0 aromatic carbocycles. The van der Waals surface area contributed by atoms with Crippen LogP contribution in [0.5, 0.6) is 0 Å². The van der Waals surface area contributed by atoms with Gasteiger partial charge < -0.3 is 14.2 Å². The number of allylic oxidation sites excluding steroid dienone is 18. The van der Waals surface area contributed by atoms with E-state index >= 15 is 0 Å². The Kier molecular flexibility index (Phi) is 56.4. The van der Waals surface area contributed by atoms with Crippen molar-refractivity contribution in [2.45, 2.75) is 277 Å². The molecule has 0 bridgehead atoms. The van der Waals surface area contributed by atoms with Crippen LogP contribution in [-0.4, -0.2) is 37.2 Å². The molecule has 0 heterocycles. The number of hydrogen-bond acceptors (Lipinski definition) is 6. The zero-order chi connectivity index (χ0) is 52.2. The minimum absolute atomic E-state index is 0.0874. The van der Waals surface area contributed by atoms with Crippen LogP contribution in [0.2, 0.25) is 0 Å². The van der Waals surface area contributed by atoms with Crippen molar-refractivity contribution >= 4 is 17.9 Å². The molecule has 0 spiro atoms. The summed E-state index contributed by atoms with van der Waals surface area (Å²) in [5.74, 6) is -0.921. The minimum atomic E-state index is -0.790. The highest BCUT2D eigenvalue weighted by molar-refractivity contribution is 5.71. The summed E-state index contributed by atoms with van der Waals surface area (Å²) >= 11 is 0. The van der Waals surface area contributed by atoms with Gasteiger partial charge >= 0.3 is 17.9 Å². The fourth-order valence-corrected chi connectivity index (χ4v) is 8.04. The summed E-state index contributed by atoms with van der Waals surface area (Å²) in [6, 6.07) is 0. The third-order valence-electron chi connectivity index (χ3n) is 12.5. The van der Waals surface area contributed by atoms with E-state index in [1.807, 2.05) is 0 Å². The van der Waals surface area contributed by atoms with Crippen LogP contribution in [0.3, 0.4) is 0 Å². The number of carbonyl (C=O) groups excluding carboxylic acids is 3. The van der Waals surface area contributed by atoms with Gasteiger partial charge in [-0.15, -0.1) is 0 Å². The molecule has 0 amide bonds. The Balaban J connectivity index is 4.28. The van der Waals surface area contributed by atoms with E-state index < -0.39 is 6.10 Å². The van der Waals surface area contributed by atoms with Gasteiger partial charge in [0.1, 0.15) is 13.2 Å². The van der Waals surface area contributed by atoms with Gasteiger partial charge in [0, 0.05) is 19.3 Å². The Morgan fingerprint density at radius 3 is 0.861 bits per heavy atom. The van der Waals surface area contributed by atoms with Crippen molar-refractivity contribution in [2.24, 2.45) is 0 Å². The highest BCUT2D eigenvalue weighted by atomic mass is 16.6. The first-order chi connectivity index (χ1) is 35.5. The molecular formula is C66H110O6. The quantitative estimate of drug-likeness (QED) is 0.0261. The molecule has 0 fully saturated rings. The van der Waals surface area contributed by atoms with E-state index in [2.05, 4.69) is 130 Å². The van der Waals surface area contributed by atoms with Crippen molar-refractivity contribution in [3.63, 3.8) is 0 Å². The highest BCUT2D eigenvalue weighted by Gasteiger charge is 2.19. The van der Waals surface area contributed by atoms with E-state index in [9.17, 15) is 14.4 Å². The SMILES string of the molecule is CC/C=C\C/C=C\C/C=C\C/C=C\C/C=C\C/C=C\C/C=C\C/C=C\CCCCCCC(=O)OCC(COC(=O)CCCCCCCCCC)OC(=O)CCCCCCCCC/C=C\CCCCCCCC. The summed E-state index contributed by atoms with van der Waals surface area (Å²) in [7, 11) is 0. The zero-order valence-corrected chi connectivity index (χ0v) is 46.9. The van der Waals surface area contributed by atoms with E-state index in [1.54, 1.807) is 0 Å². The lowest BCUT2D eigenvalue weighted by Gasteiger charge is -2.18. The first kappa shape index (κ1) is 68.1. The summed E-state index contributed by atoms with van der Waals surface area (Å²) in [6.45, 7) is 6.47. The molecule has 6 heteroatoms. The molecule has 0 radical (unpaired) electrons. The smallest absolute Gasteiger partial charge is 0.306 e. The molecule has 1 unspecified atom stereocenters. The van der Waals surface area contributed by atoms with E-state index in [0.29, 0.717) is 19.3 Å². The Morgan fingerprint density at radius 2 is 0.542 bits per heavy atom. The molecule has 6 nitrogen and oxygen atoms in total. The molecule has 0 aliphatic rings. The van der Waals surface area contributed by atoms with Crippen LogP contribution in [0.1, 0.15) is 271 Å². The van der Waals surface area contributed by atoms with Crippen LogP contribution < -0.4 is 0 Å². The maximum Gasteiger partial charge on any atom is 0.306 e. The second-order valence-electron chi connectivity index (χ2n) is 19.5. The van der Waals surface area contributed by atoms with Crippen LogP contribution in [0, 0.1) is 0 Å². The predicted molar refractivity (Wildman–Crippen MR) is 311 cm³/mol. The Labute approximate surface area is 444 Å². The van der Waals surface area contributed by atoms with Gasteiger partial charge in [0.2, 0.25) is 0 Å². The Morgan fingerprint density at radius 1 is 0.292 bits per heavy atom. The van der Waals surface area contributed by atoms with Crippen LogP contribution in [0.4, 0.5) is 0 Å². The number of rotatable bonds is 53. The molecule has 0 N–H and O–H groups in total. The third kappa shape index (κ3) is 57.0. The van der Waals surface area contributed by atoms with Crippen molar-refractivity contribution < 1.29 is 28.6 Å². The minimum Gasteiger partial charge on any atom is -0.462 e. The lowest BCUT2D eigenvalue weighted by Crippen LogP contribution is -2.30. The van der Waals surface area contributed by atoms with Crippen LogP contribution in [0.25, 0.3) is 0 Å². The zero-order valence-electron chi connectivity index (χ0n) is 46.9. The molecule has 0 aliphatic carbocycles. The molecule has 410 valence electrons. The molecule has 0 aliphatic heterocycles. The van der Waals surface area contributed by atoms with Gasteiger partial charge in [0.25, 0.3) is 0 Å². The maximum absolute atomic E-state index is 12.8. The molecule has 1 atom stereocenters. The van der Waals surface area contributed by atoms with E-state index in [1.165, 1.54) is 109 Å². The van der Waals surface area contributed by atoms with Crippen LogP contribution in [0.15, 0.2) is 109 Å². The molecular weight excluding hydrogens is 889 g/mol. The van der Waals surface area contributed by atoms with Crippen LogP contribution >= 0.6 is 0 Å². The normalized spacial score (nSPS) is 12.9. The second kappa shape index (κ2) is 59.6. The second-order valence-corrected chi connectivity index (χ2v) is 19.5. The van der Waals surface area contributed by atoms with Crippen molar-refractivity contribution in [3.8, 4) is 0 Å². The lowest BCUT2D eigenvalue weighted by atomic mass is 10.1. The van der Waals surface area contributed by atoms with Gasteiger partial charge in [0.05, 0.1) is 0 Å². The van der Waals surface area contributed by atoms with Crippen LogP contribution in [-0.2, 0) is 28.6 Å². The number of unbranched alkanes of at least 4 members (excludes halogenated alkanes) is 24. The molecule has 0 aromatic rings. The van der Waals surface area contributed by atoms with Crippen molar-refractivity contribution in [3.05, 3.63) is 109 Å². The molecule has 72 heavy (non-hydrogen) atoms. The first-order valence-corrected chi connectivity index (χ1v) is 29.9. The maximum atomic E-state index is 12.8. The van der Waals surface area contributed by atoms with Gasteiger partial charge in [-0.3, -0.25) is 14.4 Å². The van der Waals surface area contributed by atoms with Gasteiger partial charge in [-0.2, -0.15) is 0 Å². The van der Waals surface area contributed by atoms with Crippen molar-refractivity contribution in [2.75, 3.05) is 13.2 Å². The molecule has 0 aromatic heterocycles. The van der Waals surface area contributed by atoms with E-state index in [-0.39, 0.29) is 31.1 Å². The highest BCUT2D eigenvalue weighted by Crippen LogP contribution is 2.14. The van der Waals surface area contributed by atoms with Gasteiger partial charge in [0.15, 0.2) is 6.10 Å². The van der Waals surface area contributed by atoms with Gasteiger partial charge in [-0.25, -0.2) is 0 Å². The summed E-state index contributed by atoms with van der Waals surface area (Å²) in [4.78, 5) is 38.0. The molecule has 0 saturated carbocycles. The van der Waals surface area contributed by atoms with Crippen molar-refractivity contribution in [1.82, 2.24) is 0 Å². The number of esters is 3. The summed E-state index contributed by atoms with van der Waals surface area (Å²) in [5, 5.41) is 0.